The minimum absolute atomic E-state index is 0.0357. The Morgan fingerprint density at radius 2 is 1.87 bits per heavy atom. The largest absolute Gasteiger partial charge is 0.493 e. The molecule has 9 heteroatoms. The molecule has 0 fully saturated rings. The Kier molecular flexibility index (Phi) is 5.94. The predicted octanol–water partition coefficient (Wildman–Crippen LogP) is 4.34. The Hall–Kier alpha value is -3.33. The molecule has 2 aromatic heterocycles. The highest BCUT2D eigenvalue weighted by Crippen LogP contribution is 2.36. The van der Waals surface area contributed by atoms with Crippen LogP contribution in [0.1, 0.15) is 25.8 Å². The molecule has 0 saturated carbocycles. The number of para-hydroxylation sites is 2. The maximum Gasteiger partial charge on any atom is 0.262 e. The quantitative estimate of drug-likeness (QED) is 0.311. The molecule has 0 spiro atoms. The van der Waals surface area contributed by atoms with E-state index < -0.39 is 0 Å². The Labute approximate surface area is 183 Å². The smallest absolute Gasteiger partial charge is 0.262 e. The van der Waals surface area contributed by atoms with Gasteiger partial charge >= 0.3 is 0 Å². The van der Waals surface area contributed by atoms with Crippen LogP contribution in [0.5, 0.6) is 11.5 Å². The molecule has 0 aliphatic carbocycles. The summed E-state index contributed by atoms with van der Waals surface area (Å²) in [6, 6.07) is 12.8. The lowest BCUT2D eigenvalue weighted by atomic mass is 10.2. The van der Waals surface area contributed by atoms with E-state index in [-0.39, 0.29) is 11.6 Å². The molecule has 2 aromatic carbocycles. The second kappa shape index (κ2) is 8.81. The Morgan fingerprint density at radius 3 is 2.61 bits per heavy atom. The maximum absolute atomic E-state index is 13.0. The van der Waals surface area contributed by atoms with E-state index >= 15 is 0 Å². The highest BCUT2D eigenvalue weighted by molar-refractivity contribution is 7.98. The predicted molar refractivity (Wildman–Crippen MR) is 119 cm³/mol. The van der Waals surface area contributed by atoms with E-state index in [1.807, 2.05) is 44.2 Å². The molecule has 2 heterocycles. The third-order valence-corrected chi connectivity index (χ3v) is 5.67. The molecule has 0 radical (unpaired) electrons. The number of ether oxygens (including phenoxy) is 2. The molecule has 0 aliphatic rings. The van der Waals surface area contributed by atoms with Gasteiger partial charge < -0.3 is 14.0 Å². The van der Waals surface area contributed by atoms with Crippen molar-refractivity contribution in [2.45, 2.75) is 30.8 Å². The van der Waals surface area contributed by atoms with Gasteiger partial charge in [0.25, 0.3) is 5.56 Å². The van der Waals surface area contributed by atoms with Crippen molar-refractivity contribution >= 4 is 22.7 Å². The number of hydrogen-bond acceptors (Lipinski definition) is 8. The Balaban J connectivity index is 1.64. The fourth-order valence-corrected chi connectivity index (χ4v) is 4.26. The standard InChI is InChI=1S/C22H22N4O4S/c1-13(2)26-21(27)14-8-5-6-10-16(14)23-22(26)31-12-18-24-20(25-30-18)15-9-7-11-17(28-3)19(15)29-4/h5-11,13H,12H2,1-4H3. The van der Waals surface area contributed by atoms with E-state index in [1.165, 1.54) is 11.8 Å². The molecule has 0 saturated heterocycles. The first kappa shape index (κ1) is 20.9. The molecule has 0 unspecified atom stereocenters. The van der Waals surface area contributed by atoms with Gasteiger partial charge in [-0.05, 0) is 38.1 Å². The van der Waals surface area contributed by atoms with Crippen LogP contribution in [0.4, 0.5) is 0 Å². The number of thioether (sulfide) groups is 1. The van der Waals surface area contributed by atoms with Crippen molar-refractivity contribution in [1.82, 2.24) is 19.7 Å². The summed E-state index contributed by atoms with van der Waals surface area (Å²) in [6.45, 7) is 3.92. The van der Waals surface area contributed by atoms with Gasteiger partial charge in [-0.1, -0.05) is 35.1 Å². The SMILES string of the molecule is COc1cccc(-c2noc(CSc3nc4ccccc4c(=O)n3C(C)C)n2)c1OC. The normalized spacial score (nSPS) is 11.3. The average molecular weight is 439 g/mol. The van der Waals surface area contributed by atoms with Crippen molar-refractivity contribution < 1.29 is 14.0 Å². The lowest BCUT2D eigenvalue weighted by Gasteiger charge is -2.15. The summed E-state index contributed by atoms with van der Waals surface area (Å²) in [5, 5.41) is 5.30. The van der Waals surface area contributed by atoms with Crippen LogP contribution in [0.2, 0.25) is 0 Å². The van der Waals surface area contributed by atoms with Crippen LogP contribution in [0.3, 0.4) is 0 Å². The highest BCUT2D eigenvalue weighted by Gasteiger charge is 2.19. The van der Waals surface area contributed by atoms with Crippen LogP contribution < -0.4 is 15.0 Å². The zero-order valence-corrected chi connectivity index (χ0v) is 18.5. The second-order valence-corrected chi connectivity index (χ2v) is 7.96. The van der Waals surface area contributed by atoms with Gasteiger partial charge in [0.1, 0.15) is 0 Å². The van der Waals surface area contributed by atoms with E-state index in [4.69, 9.17) is 14.0 Å². The third-order valence-electron chi connectivity index (χ3n) is 4.73. The topological polar surface area (TPSA) is 92.3 Å². The van der Waals surface area contributed by atoms with Crippen LogP contribution in [-0.2, 0) is 5.75 Å². The lowest BCUT2D eigenvalue weighted by Crippen LogP contribution is -2.25. The second-order valence-electron chi connectivity index (χ2n) is 7.02. The van der Waals surface area contributed by atoms with Crippen LogP contribution >= 0.6 is 11.8 Å². The summed E-state index contributed by atoms with van der Waals surface area (Å²) in [4.78, 5) is 22.1. The van der Waals surface area contributed by atoms with Gasteiger partial charge in [0, 0.05) is 6.04 Å². The minimum Gasteiger partial charge on any atom is -0.493 e. The number of fused-ring (bicyclic) bond motifs is 1. The van der Waals surface area contributed by atoms with Gasteiger partial charge in [0.2, 0.25) is 11.7 Å². The first-order valence-corrected chi connectivity index (χ1v) is 10.7. The van der Waals surface area contributed by atoms with Gasteiger partial charge in [-0.25, -0.2) is 4.98 Å². The van der Waals surface area contributed by atoms with Crippen molar-refractivity contribution in [1.29, 1.82) is 0 Å². The molecule has 0 amide bonds. The fraction of sp³-hybridized carbons (Fsp3) is 0.273. The summed E-state index contributed by atoms with van der Waals surface area (Å²) in [6.07, 6.45) is 0. The Morgan fingerprint density at radius 1 is 1.06 bits per heavy atom. The van der Waals surface area contributed by atoms with Gasteiger partial charge in [0.05, 0.1) is 36.4 Å². The van der Waals surface area contributed by atoms with E-state index in [1.54, 1.807) is 30.9 Å². The summed E-state index contributed by atoms with van der Waals surface area (Å²) in [5.74, 6) is 2.31. The molecule has 0 aliphatic heterocycles. The number of methoxy groups -OCH3 is 2. The minimum atomic E-state index is -0.0598. The zero-order chi connectivity index (χ0) is 22.0. The van der Waals surface area contributed by atoms with Crippen molar-refractivity contribution in [2.24, 2.45) is 0 Å². The number of nitrogens with zero attached hydrogens (tertiary/aromatic N) is 4. The van der Waals surface area contributed by atoms with Gasteiger partial charge in [-0.3, -0.25) is 9.36 Å². The summed E-state index contributed by atoms with van der Waals surface area (Å²) >= 11 is 1.38. The van der Waals surface area contributed by atoms with E-state index in [0.29, 0.717) is 50.6 Å². The number of hydrogen-bond donors (Lipinski definition) is 0. The number of rotatable bonds is 7. The molecule has 8 nitrogen and oxygen atoms in total. The van der Waals surface area contributed by atoms with E-state index in [0.717, 1.165) is 0 Å². The van der Waals surface area contributed by atoms with E-state index in [2.05, 4.69) is 15.1 Å². The van der Waals surface area contributed by atoms with Crippen LogP contribution in [0, 0.1) is 0 Å². The molecule has 31 heavy (non-hydrogen) atoms. The van der Waals surface area contributed by atoms with Crippen molar-refractivity contribution in [3.63, 3.8) is 0 Å². The summed E-state index contributed by atoms with van der Waals surface area (Å²) in [5.41, 5.74) is 1.28. The molecule has 0 bridgehead atoms. The lowest BCUT2D eigenvalue weighted by molar-refractivity contribution is 0.355. The zero-order valence-electron chi connectivity index (χ0n) is 17.7. The summed E-state index contributed by atoms with van der Waals surface area (Å²) < 4.78 is 17.9. The van der Waals surface area contributed by atoms with Crippen LogP contribution in [-0.4, -0.2) is 33.9 Å². The van der Waals surface area contributed by atoms with Gasteiger partial charge in [-0.2, -0.15) is 4.98 Å². The van der Waals surface area contributed by atoms with E-state index in [9.17, 15) is 4.79 Å². The number of benzene rings is 2. The molecule has 4 rings (SSSR count). The highest BCUT2D eigenvalue weighted by atomic mass is 32.2. The molecule has 0 N–H and O–H groups in total. The molecule has 0 atom stereocenters. The molecule has 4 aromatic rings. The van der Waals surface area contributed by atoms with Crippen molar-refractivity contribution in [3.05, 3.63) is 58.7 Å². The summed E-state index contributed by atoms with van der Waals surface area (Å²) in [7, 11) is 3.14. The molecule has 160 valence electrons. The fourth-order valence-electron chi connectivity index (χ4n) is 3.30. The average Bonchev–Trinajstić information content (AvgIpc) is 3.25. The number of aromatic nitrogens is 4. The van der Waals surface area contributed by atoms with Crippen molar-refractivity contribution in [3.8, 4) is 22.9 Å². The maximum atomic E-state index is 13.0. The van der Waals surface area contributed by atoms with Crippen LogP contribution in [0.15, 0.2) is 56.9 Å². The van der Waals surface area contributed by atoms with Gasteiger partial charge in [0.15, 0.2) is 16.7 Å². The first-order valence-electron chi connectivity index (χ1n) is 9.71. The van der Waals surface area contributed by atoms with Crippen LogP contribution in [0.25, 0.3) is 22.3 Å². The third kappa shape index (κ3) is 4.00. The first-order chi connectivity index (χ1) is 15.0. The Bertz CT molecular complexity index is 1280. The molecular weight excluding hydrogens is 416 g/mol. The van der Waals surface area contributed by atoms with Crippen molar-refractivity contribution in [2.75, 3.05) is 14.2 Å². The molecular formula is C22H22N4O4S. The monoisotopic (exact) mass is 438 g/mol. The van der Waals surface area contributed by atoms with Gasteiger partial charge in [-0.15, -0.1) is 0 Å².